The molecule has 100 valence electrons. The average molecular weight is 249 g/mol. The van der Waals surface area contributed by atoms with Crippen LogP contribution in [-0.2, 0) is 11.3 Å². The van der Waals surface area contributed by atoms with Crippen LogP contribution in [0, 0.1) is 0 Å². The number of amides is 1. The molecular formula is C14H23N3O. The third kappa shape index (κ3) is 3.13. The maximum Gasteiger partial charge on any atom is 0.242 e. The van der Waals surface area contributed by atoms with Gasteiger partial charge in [-0.3, -0.25) is 4.79 Å². The van der Waals surface area contributed by atoms with Crippen LogP contribution in [0.5, 0.6) is 0 Å². The molecule has 1 aromatic heterocycles. The zero-order valence-corrected chi connectivity index (χ0v) is 11.3. The molecule has 1 unspecified atom stereocenters. The summed E-state index contributed by atoms with van der Waals surface area (Å²) in [6.07, 6.45) is 8.32. The van der Waals surface area contributed by atoms with E-state index in [1.54, 1.807) is 0 Å². The van der Waals surface area contributed by atoms with E-state index in [0.29, 0.717) is 12.6 Å². The molecule has 1 heterocycles. The van der Waals surface area contributed by atoms with Crippen LogP contribution in [-0.4, -0.2) is 28.5 Å². The molecule has 0 bridgehead atoms. The summed E-state index contributed by atoms with van der Waals surface area (Å²) in [5.74, 6) is 0.184. The number of carbonyl (C=O) groups is 1. The Bertz CT molecular complexity index is 409. The van der Waals surface area contributed by atoms with Crippen LogP contribution in [0.25, 0.3) is 0 Å². The second kappa shape index (κ2) is 5.57. The molecule has 0 aromatic carbocycles. The number of likely N-dealkylation sites (N-methyl/N-ethyl adjacent to an activating group) is 1. The molecule has 4 heteroatoms. The topological polar surface area (TPSA) is 51.3 Å². The Labute approximate surface area is 109 Å². The number of rotatable bonds is 6. The second-order valence-corrected chi connectivity index (χ2v) is 5.25. The molecule has 0 aliphatic heterocycles. The van der Waals surface area contributed by atoms with E-state index in [0.717, 1.165) is 31.2 Å². The van der Waals surface area contributed by atoms with Gasteiger partial charge in [-0.05, 0) is 30.9 Å². The highest BCUT2D eigenvalue weighted by molar-refractivity contribution is 5.76. The SMILES string of the molecule is CCCC(N)c1ccn(CC(=O)N(C)C2CC2)c1. The van der Waals surface area contributed by atoms with Crippen LogP contribution in [0.3, 0.4) is 0 Å². The van der Waals surface area contributed by atoms with E-state index in [9.17, 15) is 4.79 Å². The van der Waals surface area contributed by atoms with Gasteiger partial charge < -0.3 is 15.2 Å². The predicted octanol–water partition coefficient (Wildman–Crippen LogP) is 1.91. The number of nitrogens with zero attached hydrogens (tertiary/aromatic N) is 2. The Morgan fingerprint density at radius 2 is 2.33 bits per heavy atom. The third-order valence-corrected chi connectivity index (χ3v) is 3.61. The van der Waals surface area contributed by atoms with E-state index in [2.05, 4.69) is 6.92 Å². The lowest BCUT2D eigenvalue weighted by Gasteiger charge is -2.16. The van der Waals surface area contributed by atoms with Crippen molar-refractivity contribution in [3.8, 4) is 0 Å². The van der Waals surface area contributed by atoms with Gasteiger partial charge in [0.1, 0.15) is 6.54 Å². The molecule has 1 aliphatic rings. The van der Waals surface area contributed by atoms with Gasteiger partial charge in [0.2, 0.25) is 5.91 Å². The van der Waals surface area contributed by atoms with Gasteiger partial charge in [-0.25, -0.2) is 0 Å². The monoisotopic (exact) mass is 249 g/mol. The van der Waals surface area contributed by atoms with Crippen LogP contribution >= 0.6 is 0 Å². The van der Waals surface area contributed by atoms with Crippen LogP contribution < -0.4 is 5.73 Å². The van der Waals surface area contributed by atoms with E-state index in [-0.39, 0.29) is 11.9 Å². The van der Waals surface area contributed by atoms with Crippen molar-refractivity contribution in [1.29, 1.82) is 0 Å². The summed E-state index contributed by atoms with van der Waals surface area (Å²) in [7, 11) is 1.90. The Kier molecular flexibility index (Phi) is 4.07. The highest BCUT2D eigenvalue weighted by Gasteiger charge is 2.29. The molecule has 2 rings (SSSR count). The molecule has 18 heavy (non-hydrogen) atoms. The molecule has 4 nitrogen and oxygen atoms in total. The number of hydrogen-bond acceptors (Lipinski definition) is 2. The standard InChI is InChI=1S/C14H23N3O/c1-3-4-13(15)11-7-8-17(9-11)10-14(18)16(2)12-5-6-12/h7-9,12-13H,3-6,10,15H2,1-2H3. The fourth-order valence-corrected chi connectivity index (χ4v) is 2.19. The molecule has 2 N–H and O–H groups in total. The molecule has 0 radical (unpaired) electrons. The van der Waals surface area contributed by atoms with Gasteiger partial charge in [-0.2, -0.15) is 0 Å². The normalized spacial score (nSPS) is 16.6. The molecule has 0 spiro atoms. The summed E-state index contributed by atoms with van der Waals surface area (Å²) >= 11 is 0. The quantitative estimate of drug-likeness (QED) is 0.837. The Morgan fingerprint density at radius 1 is 1.61 bits per heavy atom. The average Bonchev–Trinajstić information content (AvgIpc) is 3.09. The van der Waals surface area contributed by atoms with E-state index in [1.807, 2.05) is 35.0 Å². The molecule has 1 atom stereocenters. The number of carbonyl (C=O) groups excluding carboxylic acids is 1. The third-order valence-electron chi connectivity index (χ3n) is 3.61. The van der Waals surface area contributed by atoms with E-state index < -0.39 is 0 Å². The molecule has 1 saturated carbocycles. The first kappa shape index (κ1) is 13.1. The lowest BCUT2D eigenvalue weighted by Crippen LogP contribution is -2.31. The summed E-state index contributed by atoms with van der Waals surface area (Å²) in [5.41, 5.74) is 7.18. The first-order valence-electron chi connectivity index (χ1n) is 6.78. The minimum atomic E-state index is 0.0903. The fourth-order valence-electron chi connectivity index (χ4n) is 2.19. The van der Waals surface area contributed by atoms with Gasteiger partial charge in [-0.15, -0.1) is 0 Å². The fraction of sp³-hybridized carbons (Fsp3) is 0.643. The summed E-state index contributed by atoms with van der Waals surface area (Å²) in [5, 5.41) is 0. The van der Waals surface area contributed by atoms with Gasteiger partial charge in [0.25, 0.3) is 0 Å². The molecule has 1 amide bonds. The Hall–Kier alpha value is -1.29. The summed E-state index contributed by atoms with van der Waals surface area (Å²) in [6.45, 7) is 2.55. The Balaban J connectivity index is 1.91. The zero-order valence-electron chi connectivity index (χ0n) is 11.3. The number of aromatic nitrogens is 1. The summed E-state index contributed by atoms with van der Waals surface area (Å²) < 4.78 is 1.94. The largest absolute Gasteiger partial charge is 0.345 e. The maximum atomic E-state index is 12.0. The van der Waals surface area contributed by atoms with Crippen LogP contribution in [0.15, 0.2) is 18.5 Å². The summed E-state index contributed by atoms with van der Waals surface area (Å²) in [6, 6.07) is 2.59. The highest BCUT2D eigenvalue weighted by atomic mass is 16.2. The van der Waals surface area contributed by atoms with E-state index in [1.165, 1.54) is 0 Å². The minimum absolute atomic E-state index is 0.0903. The molecule has 1 aromatic rings. The lowest BCUT2D eigenvalue weighted by atomic mass is 10.1. The first-order valence-corrected chi connectivity index (χ1v) is 6.78. The van der Waals surface area contributed by atoms with Crippen molar-refractivity contribution in [2.75, 3.05) is 7.05 Å². The van der Waals surface area contributed by atoms with Crippen molar-refractivity contribution in [2.24, 2.45) is 5.73 Å². The molecular weight excluding hydrogens is 226 g/mol. The van der Waals surface area contributed by atoms with Gasteiger partial charge in [0, 0.05) is 31.5 Å². The van der Waals surface area contributed by atoms with Crippen LogP contribution in [0.1, 0.15) is 44.2 Å². The van der Waals surface area contributed by atoms with E-state index in [4.69, 9.17) is 5.73 Å². The van der Waals surface area contributed by atoms with Gasteiger partial charge >= 0.3 is 0 Å². The van der Waals surface area contributed by atoms with E-state index >= 15 is 0 Å². The van der Waals surface area contributed by atoms with Crippen LogP contribution in [0.4, 0.5) is 0 Å². The van der Waals surface area contributed by atoms with Crippen molar-refractivity contribution in [3.05, 3.63) is 24.0 Å². The predicted molar refractivity (Wildman–Crippen MR) is 72.1 cm³/mol. The zero-order chi connectivity index (χ0) is 13.1. The molecule has 1 fully saturated rings. The van der Waals surface area contributed by atoms with Crippen molar-refractivity contribution in [3.63, 3.8) is 0 Å². The minimum Gasteiger partial charge on any atom is -0.345 e. The number of nitrogens with two attached hydrogens (primary N) is 1. The van der Waals surface area contributed by atoms with Crippen molar-refractivity contribution in [2.45, 2.75) is 51.2 Å². The second-order valence-electron chi connectivity index (χ2n) is 5.25. The lowest BCUT2D eigenvalue weighted by molar-refractivity contribution is -0.131. The molecule has 0 saturated heterocycles. The summed E-state index contributed by atoms with van der Waals surface area (Å²) in [4.78, 5) is 13.8. The van der Waals surface area contributed by atoms with Crippen molar-refractivity contribution >= 4 is 5.91 Å². The first-order chi connectivity index (χ1) is 8.61. The van der Waals surface area contributed by atoms with Gasteiger partial charge in [0.15, 0.2) is 0 Å². The van der Waals surface area contributed by atoms with Crippen molar-refractivity contribution < 1.29 is 4.79 Å². The van der Waals surface area contributed by atoms with Crippen molar-refractivity contribution in [1.82, 2.24) is 9.47 Å². The van der Waals surface area contributed by atoms with Crippen LogP contribution in [0.2, 0.25) is 0 Å². The van der Waals surface area contributed by atoms with Gasteiger partial charge in [-0.1, -0.05) is 13.3 Å². The maximum absolute atomic E-state index is 12.0. The highest BCUT2D eigenvalue weighted by Crippen LogP contribution is 2.25. The molecule has 1 aliphatic carbocycles. The number of hydrogen-bond donors (Lipinski definition) is 1. The smallest absolute Gasteiger partial charge is 0.242 e. The Morgan fingerprint density at radius 3 is 2.94 bits per heavy atom. The van der Waals surface area contributed by atoms with Gasteiger partial charge in [0.05, 0.1) is 0 Å².